The molecule has 0 amide bonds. The molecule has 6 nitrogen and oxygen atoms in total. The first kappa shape index (κ1) is 17.0. The van der Waals surface area contributed by atoms with Crippen LogP contribution >= 0.6 is 0 Å². The molecule has 0 radical (unpaired) electrons. The van der Waals surface area contributed by atoms with Crippen molar-refractivity contribution in [3.05, 3.63) is 24.0 Å². The molecule has 1 rings (SSSR count). The molecule has 0 fully saturated rings. The lowest BCUT2D eigenvalue weighted by Crippen LogP contribution is -2.37. The normalized spacial score (nSPS) is 14.2. The van der Waals surface area contributed by atoms with Gasteiger partial charge in [0, 0.05) is 12.3 Å². The van der Waals surface area contributed by atoms with Crippen LogP contribution in [0.4, 0.5) is 4.39 Å². The van der Waals surface area contributed by atoms with Gasteiger partial charge in [-0.2, -0.15) is 0 Å². The molecule has 1 aromatic rings. The van der Waals surface area contributed by atoms with Crippen LogP contribution in [-0.4, -0.2) is 40.8 Å². The summed E-state index contributed by atoms with van der Waals surface area (Å²) in [5.41, 5.74) is 0. The maximum atomic E-state index is 13.6. The van der Waals surface area contributed by atoms with Gasteiger partial charge in [-0.1, -0.05) is 6.92 Å². The van der Waals surface area contributed by atoms with Crippen LogP contribution in [0.5, 0.6) is 0 Å². The quantitative estimate of drug-likeness (QED) is 0.732. The van der Waals surface area contributed by atoms with Gasteiger partial charge in [0.15, 0.2) is 9.84 Å². The van der Waals surface area contributed by atoms with Crippen molar-refractivity contribution >= 4 is 19.9 Å². The van der Waals surface area contributed by atoms with Crippen molar-refractivity contribution in [2.45, 2.75) is 29.2 Å². The van der Waals surface area contributed by atoms with Crippen molar-refractivity contribution in [1.29, 1.82) is 0 Å². The van der Waals surface area contributed by atoms with Gasteiger partial charge < -0.3 is 5.11 Å². The van der Waals surface area contributed by atoms with Crippen LogP contribution in [0.2, 0.25) is 0 Å². The largest absolute Gasteiger partial charge is 0.395 e. The predicted octanol–water partition coefficient (Wildman–Crippen LogP) is 0.278. The number of rotatable bonds is 6. The molecule has 0 spiro atoms. The molecule has 0 saturated heterocycles. The minimum absolute atomic E-state index is 0.295. The standard InChI is InChI=1S/C11H16FNO5S2/c1-3-8(7-14)13-20(17,18)11-6-9(19(2,15)16)4-5-10(11)12/h4-6,8,13-14H,3,7H2,1-2H3. The summed E-state index contributed by atoms with van der Waals surface area (Å²) < 4.78 is 62.5. The minimum atomic E-state index is -4.25. The first-order valence-electron chi connectivity index (χ1n) is 5.74. The van der Waals surface area contributed by atoms with Gasteiger partial charge in [0.05, 0.1) is 11.5 Å². The number of sulfone groups is 1. The highest BCUT2D eigenvalue weighted by Gasteiger charge is 2.24. The van der Waals surface area contributed by atoms with E-state index in [4.69, 9.17) is 5.11 Å². The van der Waals surface area contributed by atoms with E-state index >= 15 is 0 Å². The van der Waals surface area contributed by atoms with E-state index in [0.29, 0.717) is 6.42 Å². The highest BCUT2D eigenvalue weighted by Crippen LogP contribution is 2.20. The van der Waals surface area contributed by atoms with Crippen LogP contribution in [0.15, 0.2) is 28.0 Å². The highest BCUT2D eigenvalue weighted by atomic mass is 32.2. The first-order chi connectivity index (χ1) is 9.11. The topological polar surface area (TPSA) is 101 Å². The number of aliphatic hydroxyl groups is 1. The molecular weight excluding hydrogens is 309 g/mol. The summed E-state index contributed by atoms with van der Waals surface area (Å²) >= 11 is 0. The Morgan fingerprint density at radius 3 is 2.35 bits per heavy atom. The average Bonchev–Trinajstić information content (AvgIpc) is 2.34. The van der Waals surface area contributed by atoms with E-state index in [1.807, 2.05) is 0 Å². The Bertz CT molecular complexity index is 681. The highest BCUT2D eigenvalue weighted by molar-refractivity contribution is 7.91. The summed E-state index contributed by atoms with van der Waals surface area (Å²) in [6.07, 6.45) is 1.20. The lowest BCUT2D eigenvalue weighted by molar-refractivity contribution is 0.253. The third-order valence-electron chi connectivity index (χ3n) is 2.66. The maximum absolute atomic E-state index is 13.6. The number of nitrogens with one attached hydrogen (secondary N) is 1. The van der Waals surface area contributed by atoms with Crippen LogP contribution in [0, 0.1) is 5.82 Å². The van der Waals surface area contributed by atoms with E-state index < -0.39 is 43.2 Å². The van der Waals surface area contributed by atoms with Gasteiger partial charge in [0.1, 0.15) is 10.7 Å². The predicted molar refractivity (Wildman–Crippen MR) is 71.0 cm³/mol. The lowest BCUT2D eigenvalue weighted by atomic mass is 10.3. The molecule has 9 heteroatoms. The third kappa shape index (κ3) is 3.98. The smallest absolute Gasteiger partial charge is 0.243 e. The summed E-state index contributed by atoms with van der Waals surface area (Å²) in [4.78, 5) is -1.05. The van der Waals surface area contributed by atoms with Gasteiger partial charge in [-0.3, -0.25) is 0 Å². The molecule has 114 valence electrons. The first-order valence-corrected chi connectivity index (χ1v) is 9.12. The lowest BCUT2D eigenvalue weighted by Gasteiger charge is -2.15. The van der Waals surface area contributed by atoms with E-state index in [0.717, 1.165) is 24.5 Å². The number of aliphatic hydroxyl groups excluding tert-OH is 1. The molecule has 0 aliphatic carbocycles. The van der Waals surface area contributed by atoms with E-state index in [1.165, 1.54) is 0 Å². The van der Waals surface area contributed by atoms with Crippen molar-refractivity contribution in [2.75, 3.05) is 12.9 Å². The van der Waals surface area contributed by atoms with Crippen molar-refractivity contribution in [3.8, 4) is 0 Å². The van der Waals surface area contributed by atoms with Crippen LogP contribution in [-0.2, 0) is 19.9 Å². The van der Waals surface area contributed by atoms with Gasteiger partial charge in [0.2, 0.25) is 10.0 Å². The Morgan fingerprint density at radius 2 is 1.90 bits per heavy atom. The summed E-state index contributed by atoms with van der Waals surface area (Å²) in [7, 11) is -7.90. The molecule has 20 heavy (non-hydrogen) atoms. The third-order valence-corrected chi connectivity index (χ3v) is 5.30. The molecule has 0 heterocycles. The molecule has 1 aromatic carbocycles. The summed E-state index contributed by atoms with van der Waals surface area (Å²) in [5.74, 6) is -1.06. The van der Waals surface area contributed by atoms with Gasteiger partial charge in [-0.25, -0.2) is 25.9 Å². The second kappa shape index (κ2) is 6.17. The molecule has 2 N–H and O–H groups in total. The van der Waals surface area contributed by atoms with E-state index in [1.54, 1.807) is 6.92 Å². The van der Waals surface area contributed by atoms with E-state index in [-0.39, 0.29) is 4.90 Å². The molecule has 0 aromatic heterocycles. The average molecular weight is 325 g/mol. The number of sulfonamides is 1. The number of hydrogen-bond donors (Lipinski definition) is 2. The Hall–Kier alpha value is -1.03. The zero-order valence-corrected chi connectivity index (χ0v) is 12.6. The Labute approximate surface area is 117 Å². The van der Waals surface area contributed by atoms with Crippen molar-refractivity contribution in [1.82, 2.24) is 4.72 Å². The Morgan fingerprint density at radius 1 is 1.30 bits per heavy atom. The van der Waals surface area contributed by atoms with Crippen molar-refractivity contribution in [3.63, 3.8) is 0 Å². The fraction of sp³-hybridized carbons (Fsp3) is 0.455. The van der Waals surface area contributed by atoms with E-state index in [2.05, 4.69) is 4.72 Å². The molecule has 0 aliphatic rings. The number of hydrogen-bond acceptors (Lipinski definition) is 5. The monoisotopic (exact) mass is 325 g/mol. The zero-order chi connectivity index (χ0) is 15.6. The van der Waals surface area contributed by atoms with E-state index in [9.17, 15) is 21.2 Å². The second-order valence-corrected chi connectivity index (χ2v) is 7.97. The van der Waals surface area contributed by atoms with Crippen LogP contribution in [0.1, 0.15) is 13.3 Å². The molecule has 1 unspecified atom stereocenters. The molecule has 0 bridgehead atoms. The Balaban J connectivity index is 3.31. The molecule has 0 aliphatic heterocycles. The number of benzene rings is 1. The maximum Gasteiger partial charge on any atom is 0.243 e. The van der Waals surface area contributed by atoms with Gasteiger partial charge in [-0.15, -0.1) is 0 Å². The minimum Gasteiger partial charge on any atom is -0.395 e. The van der Waals surface area contributed by atoms with Crippen molar-refractivity contribution < 1.29 is 26.3 Å². The Kier molecular flexibility index (Phi) is 5.25. The summed E-state index contributed by atoms with van der Waals surface area (Å²) in [5, 5.41) is 8.97. The number of halogens is 1. The fourth-order valence-corrected chi connectivity index (χ4v) is 3.59. The summed E-state index contributed by atoms with van der Waals surface area (Å²) in [6, 6.07) is 1.77. The fourth-order valence-electron chi connectivity index (χ4n) is 1.45. The SMILES string of the molecule is CCC(CO)NS(=O)(=O)c1cc(S(C)(=O)=O)ccc1F. The zero-order valence-electron chi connectivity index (χ0n) is 11.0. The molecule has 1 atom stereocenters. The van der Waals surface area contributed by atoms with Gasteiger partial charge >= 0.3 is 0 Å². The van der Waals surface area contributed by atoms with Gasteiger partial charge in [-0.05, 0) is 24.6 Å². The van der Waals surface area contributed by atoms with Crippen LogP contribution < -0.4 is 4.72 Å². The second-order valence-electron chi connectivity index (χ2n) is 4.27. The summed E-state index contributed by atoms with van der Waals surface area (Å²) in [6.45, 7) is 1.20. The molecular formula is C11H16FNO5S2. The van der Waals surface area contributed by atoms with Crippen LogP contribution in [0.25, 0.3) is 0 Å². The van der Waals surface area contributed by atoms with Gasteiger partial charge in [0.25, 0.3) is 0 Å². The van der Waals surface area contributed by atoms with Crippen LogP contribution in [0.3, 0.4) is 0 Å². The molecule has 0 saturated carbocycles. The van der Waals surface area contributed by atoms with Crippen molar-refractivity contribution in [2.24, 2.45) is 0 Å².